The van der Waals surface area contributed by atoms with E-state index in [1.165, 1.54) is 0 Å². The van der Waals surface area contributed by atoms with Gasteiger partial charge in [0.1, 0.15) is 0 Å². The van der Waals surface area contributed by atoms with Gasteiger partial charge in [-0.3, -0.25) is 4.79 Å². The van der Waals surface area contributed by atoms with Crippen molar-refractivity contribution in [3.63, 3.8) is 0 Å². The molecule has 1 aromatic rings. The van der Waals surface area contributed by atoms with Crippen molar-refractivity contribution in [1.82, 2.24) is 9.97 Å². The summed E-state index contributed by atoms with van der Waals surface area (Å²) >= 11 is 0. The minimum absolute atomic E-state index is 0.287. The third-order valence-electron chi connectivity index (χ3n) is 2.01. The molecule has 0 bridgehead atoms. The number of hydrogen-bond acceptors (Lipinski definition) is 2. The molecule has 13 heavy (non-hydrogen) atoms. The minimum Gasteiger partial charge on any atom is -0.481 e. The molecule has 0 fully saturated rings. The molecule has 2 N–H and O–H groups in total. The van der Waals surface area contributed by atoms with Crippen LogP contribution in [-0.2, 0) is 11.2 Å². The van der Waals surface area contributed by atoms with Gasteiger partial charge in [-0.15, -0.1) is 0 Å². The van der Waals surface area contributed by atoms with Crippen molar-refractivity contribution in [2.24, 2.45) is 5.92 Å². The lowest BCUT2D eigenvalue weighted by molar-refractivity contribution is -0.141. The Hall–Kier alpha value is -1.32. The molecular formula is C9H14N2O2. The molecule has 0 aliphatic heterocycles. The van der Waals surface area contributed by atoms with Gasteiger partial charge in [0.25, 0.3) is 0 Å². The number of carboxylic acid groups (broad SMARTS) is 1. The molecule has 0 aliphatic carbocycles. The van der Waals surface area contributed by atoms with Crippen LogP contribution >= 0.6 is 0 Å². The first kappa shape index (κ1) is 9.77. The number of aromatic nitrogens is 2. The zero-order valence-electron chi connectivity index (χ0n) is 7.66. The van der Waals surface area contributed by atoms with Crippen LogP contribution in [0.1, 0.15) is 25.5 Å². The number of rotatable bonds is 5. The highest BCUT2D eigenvalue weighted by Gasteiger charge is 2.17. The summed E-state index contributed by atoms with van der Waals surface area (Å²) in [4.78, 5) is 17.5. The SMILES string of the molecule is CCCC(Cc1cnc[nH]1)C(=O)O. The number of carboxylic acids is 1. The molecular weight excluding hydrogens is 168 g/mol. The van der Waals surface area contributed by atoms with Gasteiger partial charge in [0.05, 0.1) is 12.2 Å². The number of carbonyl (C=O) groups is 1. The van der Waals surface area contributed by atoms with Crippen molar-refractivity contribution >= 4 is 5.97 Å². The van der Waals surface area contributed by atoms with E-state index in [9.17, 15) is 4.79 Å². The molecule has 4 heteroatoms. The summed E-state index contributed by atoms with van der Waals surface area (Å²) in [7, 11) is 0. The third kappa shape index (κ3) is 2.89. The number of aromatic amines is 1. The molecule has 1 unspecified atom stereocenters. The second-order valence-corrected chi connectivity index (χ2v) is 3.10. The molecule has 0 aromatic carbocycles. The molecule has 0 amide bonds. The van der Waals surface area contributed by atoms with Gasteiger partial charge in [-0.05, 0) is 6.42 Å². The van der Waals surface area contributed by atoms with Gasteiger partial charge < -0.3 is 10.1 Å². The quantitative estimate of drug-likeness (QED) is 0.724. The van der Waals surface area contributed by atoms with E-state index in [1.807, 2.05) is 6.92 Å². The van der Waals surface area contributed by atoms with Crippen LogP contribution in [0.25, 0.3) is 0 Å². The summed E-state index contributed by atoms with van der Waals surface area (Å²) in [5.74, 6) is -1.01. The van der Waals surface area contributed by atoms with Gasteiger partial charge in [-0.2, -0.15) is 0 Å². The van der Waals surface area contributed by atoms with Crippen molar-refractivity contribution in [3.05, 3.63) is 18.2 Å². The van der Waals surface area contributed by atoms with Crippen LogP contribution in [0, 0.1) is 5.92 Å². The first-order valence-electron chi connectivity index (χ1n) is 4.44. The van der Waals surface area contributed by atoms with Crippen molar-refractivity contribution < 1.29 is 9.90 Å². The Morgan fingerprint density at radius 1 is 1.77 bits per heavy atom. The molecule has 0 saturated carbocycles. The molecule has 0 spiro atoms. The zero-order valence-corrected chi connectivity index (χ0v) is 7.66. The van der Waals surface area contributed by atoms with Gasteiger partial charge >= 0.3 is 5.97 Å². The number of hydrogen-bond donors (Lipinski definition) is 2. The predicted molar refractivity (Wildman–Crippen MR) is 48.3 cm³/mol. The average Bonchev–Trinajstić information content (AvgIpc) is 2.56. The molecule has 1 heterocycles. The molecule has 0 radical (unpaired) electrons. The lowest BCUT2D eigenvalue weighted by Gasteiger charge is -2.08. The number of aliphatic carboxylic acids is 1. The highest BCUT2D eigenvalue weighted by molar-refractivity contribution is 5.70. The summed E-state index contributed by atoms with van der Waals surface area (Å²) in [6, 6.07) is 0. The monoisotopic (exact) mass is 182 g/mol. The van der Waals surface area contributed by atoms with Crippen LogP contribution in [0.4, 0.5) is 0 Å². The smallest absolute Gasteiger partial charge is 0.306 e. The lowest BCUT2D eigenvalue weighted by atomic mass is 9.99. The van der Waals surface area contributed by atoms with Crippen molar-refractivity contribution in [2.45, 2.75) is 26.2 Å². The van der Waals surface area contributed by atoms with Crippen molar-refractivity contribution in [2.75, 3.05) is 0 Å². The molecule has 1 atom stereocenters. The van der Waals surface area contributed by atoms with Crippen LogP contribution < -0.4 is 0 Å². The summed E-state index contributed by atoms with van der Waals surface area (Å²) in [6.07, 6.45) is 5.40. The van der Waals surface area contributed by atoms with E-state index in [4.69, 9.17) is 5.11 Å². The second-order valence-electron chi connectivity index (χ2n) is 3.10. The zero-order chi connectivity index (χ0) is 9.68. The maximum atomic E-state index is 10.8. The highest BCUT2D eigenvalue weighted by Crippen LogP contribution is 2.12. The summed E-state index contributed by atoms with van der Waals surface area (Å²) in [5, 5.41) is 8.87. The van der Waals surface area contributed by atoms with Gasteiger partial charge in [0.15, 0.2) is 0 Å². The Kier molecular flexibility index (Phi) is 3.49. The Morgan fingerprint density at radius 3 is 3.00 bits per heavy atom. The fourth-order valence-corrected chi connectivity index (χ4v) is 1.32. The lowest BCUT2D eigenvalue weighted by Crippen LogP contribution is -2.16. The molecule has 72 valence electrons. The number of H-pyrrole nitrogens is 1. The molecule has 4 nitrogen and oxygen atoms in total. The van der Waals surface area contributed by atoms with Gasteiger partial charge in [-0.25, -0.2) is 4.98 Å². The summed E-state index contributed by atoms with van der Waals surface area (Å²) < 4.78 is 0. The van der Waals surface area contributed by atoms with Crippen LogP contribution in [-0.4, -0.2) is 21.0 Å². The van der Waals surface area contributed by atoms with Crippen molar-refractivity contribution in [1.29, 1.82) is 0 Å². The van der Waals surface area contributed by atoms with Crippen LogP contribution in [0.2, 0.25) is 0 Å². The van der Waals surface area contributed by atoms with Gasteiger partial charge in [-0.1, -0.05) is 13.3 Å². The van der Waals surface area contributed by atoms with E-state index in [0.29, 0.717) is 12.8 Å². The summed E-state index contributed by atoms with van der Waals surface area (Å²) in [6.45, 7) is 1.99. The first-order chi connectivity index (χ1) is 6.24. The van der Waals surface area contributed by atoms with E-state index >= 15 is 0 Å². The normalized spacial score (nSPS) is 12.7. The number of imidazole rings is 1. The van der Waals surface area contributed by atoms with Gasteiger partial charge in [0.2, 0.25) is 0 Å². The van der Waals surface area contributed by atoms with E-state index in [0.717, 1.165) is 12.1 Å². The number of nitrogens with zero attached hydrogens (tertiary/aromatic N) is 1. The Bertz CT molecular complexity index is 257. The van der Waals surface area contributed by atoms with E-state index in [1.54, 1.807) is 12.5 Å². The maximum absolute atomic E-state index is 10.8. The Balaban J connectivity index is 2.52. The van der Waals surface area contributed by atoms with E-state index in [-0.39, 0.29) is 5.92 Å². The third-order valence-corrected chi connectivity index (χ3v) is 2.01. The molecule has 1 aromatic heterocycles. The molecule has 1 rings (SSSR count). The second kappa shape index (κ2) is 4.64. The van der Waals surface area contributed by atoms with Crippen LogP contribution in [0.5, 0.6) is 0 Å². The number of nitrogens with one attached hydrogen (secondary N) is 1. The Morgan fingerprint density at radius 2 is 2.54 bits per heavy atom. The standard InChI is InChI=1S/C9H14N2O2/c1-2-3-7(9(12)13)4-8-5-10-6-11-8/h5-7H,2-4H2,1H3,(H,10,11)(H,12,13). The van der Waals surface area contributed by atoms with Gasteiger partial charge in [0, 0.05) is 18.3 Å². The molecule has 0 aliphatic rings. The maximum Gasteiger partial charge on any atom is 0.306 e. The minimum atomic E-state index is -0.726. The fraction of sp³-hybridized carbons (Fsp3) is 0.556. The van der Waals surface area contributed by atoms with Crippen LogP contribution in [0.3, 0.4) is 0 Å². The average molecular weight is 182 g/mol. The van der Waals surface area contributed by atoms with E-state index < -0.39 is 5.97 Å². The Labute approximate surface area is 77.0 Å². The highest BCUT2D eigenvalue weighted by atomic mass is 16.4. The molecule has 0 saturated heterocycles. The van der Waals surface area contributed by atoms with E-state index in [2.05, 4.69) is 9.97 Å². The fourth-order valence-electron chi connectivity index (χ4n) is 1.32. The predicted octanol–water partition coefficient (Wildman–Crippen LogP) is 1.45. The summed E-state index contributed by atoms with van der Waals surface area (Å²) in [5.41, 5.74) is 0.890. The topological polar surface area (TPSA) is 66.0 Å². The first-order valence-corrected chi connectivity index (χ1v) is 4.44. The van der Waals surface area contributed by atoms with Crippen molar-refractivity contribution in [3.8, 4) is 0 Å². The van der Waals surface area contributed by atoms with Crippen LogP contribution in [0.15, 0.2) is 12.5 Å². The largest absolute Gasteiger partial charge is 0.481 e.